The van der Waals surface area contributed by atoms with Gasteiger partial charge in [0, 0.05) is 95.3 Å². The zero-order valence-electron chi connectivity index (χ0n) is 6.15. The van der Waals surface area contributed by atoms with Crippen molar-refractivity contribution in [2.75, 3.05) is 6.61 Å². The minimum atomic E-state index is 0. The largest absolute Gasteiger partial charge is 0.396 e. The average molecular weight is 141 g/mol. The molecule has 0 unspecified atom stereocenters. The van der Waals surface area contributed by atoms with Crippen LogP contribution < -0.4 is 0 Å². The summed E-state index contributed by atoms with van der Waals surface area (Å²) in [5.41, 5.74) is 0. The molecule has 0 bridgehead atoms. The van der Waals surface area contributed by atoms with E-state index in [4.69, 9.17) is 5.11 Å². The molecule has 0 aliphatic carbocycles. The monoisotopic (exact) mass is 141 g/mol. The first-order valence-electron chi connectivity index (χ1n) is 1.63. The number of hydrogen-bond donors (Lipinski definition) is 1. The molecule has 0 aliphatic heterocycles. The van der Waals surface area contributed by atoms with Crippen LogP contribution in [-0.2, 0) is 0 Å². The minimum Gasteiger partial charge on any atom is -0.396 e. The van der Waals surface area contributed by atoms with Gasteiger partial charge in [-0.15, -0.1) is 6.58 Å². The second-order valence-corrected chi connectivity index (χ2v) is 0.801. The molecule has 0 aliphatic rings. The fraction of sp³-hybridized carbons (Fsp3) is 0.500. The predicted molar refractivity (Wildman–Crippen MR) is 39.2 cm³/mol. The van der Waals surface area contributed by atoms with Gasteiger partial charge in [-0.2, -0.15) is 0 Å². The van der Waals surface area contributed by atoms with Crippen LogP contribution in [0.5, 0.6) is 0 Å². The quantitative estimate of drug-likeness (QED) is 0.402. The van der Waals surface area contributed by atoms with Crippen molar-refractivity contribution in [3.8, 4) is 0 Å². The van der Waals surface area contributed by atoms with Crippen LogP contribution in [0.3, 0.4) is 0 Å². The van der Waals surface area contributed by atoms with Crippen molar-refractivity contribution in [1.82, 2.24) is 0 Å². The summed E-state index contributed by atoms with van der Waals surface area (Å²) in [5, 5.41) is 8.00. The molecule has 0 fully saturated rings. The summed E-state index contributed by atoms with van der Waals surface area (Å²) in [4.78, 5) is 0. The second-order valence-electron chi connectivity index (χ2n) is 0.801. The van der Waals surface area contributed by atoms with Crippen molar-refractivity contribution < 1.29 is 5.11 Å². The standard InChI is InChI=1S/C4H8O.3Na/c1-2-3-4-5;;;/h2,5H,1,3-4H2;;;. The van der Waals surface area contributed by atoms with Crippen LogP contribution in [-0.4, -0.2) is 100 Å². The molecule has 1 N–H and O–H groups in total. The molecule has 0 heterocycles. The first-order valence-corrected chi connectivity index (χ1v) is 1.63. The molecule has 3 radical (unpaired) electrons. The van der Waals surface area contributed by atoms with Gasteiger partial charge in [-0.3, -0.25) is 0 Å². The Morgan fingerprint density at radius 1 is 1.25 bits per heavy atom. The van der Waals surface area contributed by atoms with E-state index < -0.39 is 0 Å². The zero-order valence-corrected chi connectivity index (χ0v) is 12.1. The molecule has 0 amide bonds. The van der Waals surface area contributed by atoms with Gasteiger partial charge < -0.3 is 5.11 Å². The third kappa shape index (κ3) is 23.4. The fourth-order valence-electron chi connectivity index (χ4n) is 0.0913. The van der Waals surface area contributed by atoms with Gasteiger partial charge in [0.05, 0.1) is 0 Å². The van der Waals surface area contributed by atoms with E-state index in [1.54, 1.807) is 6.08 Å². The normalized spacial score (nSPS) is 4.62. The molecule has 0 saturated carbocycles. The molecule has 0 rings (SSSR count). The van der Waals surface area contributed by atoms with E-state index in [1.807, 2.05) is 0 Å². The molecule has 8 heavy (non-hydrogen) atoms. The van der Waals surface area contributed by atoms with Crippen LogP contribution in [0.4, 0.5) is 0 Å². The van der Waals surface area contributed by atoms with Crippen LogP contribution in [0, 0.1) is 0 Å². The summed E-state index contributed by atoms with van der Waals surface area (Å²) in [6, 6.07) is 0. The van der Waals surface area contributed by atoms with Crippen molar-refractivity contribution in [3.05, 3.63) is 12.7 Å². The summed E-state index contributed by atoms with van der Waals surface area (Å²) in [6.45, 7) is 3.62. The van der Waals surface area contributed by atoms with E-state index in [2.05, 4.69) is 6.58 Å². The Morgan fingerprint density at radius 3 is 1.62 bits per heavy atom. The number of aliphatic hydroxyl groups is 1. The topological polar surface area (TPSA) is 20.2 Å². The minimum absolute atomic E-state index is 0. The molecule has 0 aromatic heterocycles. The molecule has 1 nitrogen and oxygen atoms in total. The summed E-state index contributed by atoms with van der Waals surface area (Å²) in [6.07, 6.45) is 2.39. The first-order chi connectivity index (χ1) is 2.41. The van der Waals surface area contributed by atoms with E-state index >= 15 is 0 Å². The molecule has 0 saturated heterocycles. The first kappa shape index (κ1) is 22.4. The van der Waals surface area contributed by atoms with Crippen molar-refractivity contribution in [1.29, 1.82) is 0 Å². The Labute approximate surface area is 117 Å². The van der Waals surface area contributed by atoms with Gasteiger partial charge in [-0.25, -0.2) is 0 Å². The van der Waals surface area contributed by atoms with Crippen LogP contribution in [0.25, 0.3) is 0 Å². The third-order valence-corrected chi connectivity index (χ3v) is 0.333. The van der Waals surface area contributed by atoms with Crippen LogP contribution >= 0.6 is 0 Å². The Balaban J connectivity index is -0.0000000267. The SMILES string of the molecule is C=CCCO.[Na].[Na].[Na]. The van der Waals surface area contributed by atoms with E-state index in [-0.39, 0.29) is 95.3 Å². The third-order valence-electron chi connectivity index (χ3n) is 0.333. The van der Waals surface area contributed by atoms with Crippen molar-refractivity contribution >= 4 is 88.7 Å². The molecule has 0 spiro atoms. The van der Waals surface area contributed by atoms with Crippen LogP contribution in [0.2, 0.25) is 0 Å². The van der Waals surface area contributed by atoms with E-state index in [9.17, 15) is 0 Å². The maximum absolute atomic E-state index is 8.00. The van der Waals surface area contributed by atoms with Crippen LogP contribution in [0.15, 0.2) is 12.7 Å². The fourth-order valence-corrected chi connectivity index (χ4v) is 0.0913. The molecule has 0 aromatic rings. The maximum atomic E-state index is 8.00. The Hall–Kier alpha value is 2.70. The van der Waals surface area contributed by atoms with E-state index in [0.29, 0.717) is 6.42 Å². The maximum Gasteiger partial charge on any atom is 0.0465 e. The molecule has 33 valence electrons. The Bertz CT molecular complexity index is 32.5. The molecule has 0 atom stereocenters. The summed E-state index contributed by atoms with van der Waals surface area (Å²) < 4.78 is 0. The molecule has 4 heteroatoms. The molecular formula is C4H8Na3O. The van der Waals surface area contributed by atoms with Crippen molar-refractivity contribution in [2.24, 2.45) is 0 Å². The van der Waals surface area contributed by atoms with Gasteiger partial charge >= 0.3 is 0 Å². The van der Waals surface area contributed by atoms with Gasteiger partial charge in [0.25, 0.3) is 0 Å². The molecular weight excluding hydrogens is 133 g/mol. The van der Waals surface area contributed by atoms with Gasteiger partial charge in [0.15, 0.2) is 0 Å². The molecule has 0 aromatic carbocycles. The van der Waals surface area contributed by atoms with Crippen molar-refractivity contribution in [3.63, 3.8) is 0 Å². The Kier molecular flexibility index (Phi) is 63.4. The predicted octanol–water partition coefficient (Wildman–Crippen LogP) is -0.588. The summed E-state index contributed by atoms with van der Waals surface area (Å²) in [7, 11) is 0. The van der Waals surface area contributed by atoms with Gasteiger partial charge in [-0.05, 0) is 6.42 Å². The number of rotatable bonds is 2. The Morgan fingerprint density at radius 2 is 1.62 bits per heavy atom. The van der Waals surface area contributed by atoms with Gasteiger partial charge in [0.2, 0.25) is 0 Å². The smallest absolute Gasteiger partial charge is 0.0465 e. The summed E-state index contributed by atoms with van der Waals surface area (Å²) in [5.74, 6) is 0. The van der Waals surface area contributed by atoms with Crippen LogP contribution in [0.1, 0.15) is 6.42 Å². The van der Waals surface area contributed by atoms with Gasteiger partial charge in [-0.1, -0.05) is 6.08 Å². The number of hydrogen-bond acceptors (Lipinski definition) is 1. The van der Waals surface area contributed by atoms with Crippen molar-refractivity contribution in [2.45, 2.75) is 6.42 Å². The summed E-state index contributed by atoms with van der Waals surface area (Å²) >= 11 is 0. The zero-order chi connectivity index (χ0) is 4.12. The second kappa shape index (κ2) is 22.6. The number of aliphatic hydroxyl groups excluding tert-OH is 1. The average Bonchev–Trinajstić information content (AvgIpc) is 1.41. The van der Waals surface area contributed by atoms with E-state index in [1.165, 1.54) is 0 Å². The van der Waals surface area contributed by atoms with E-state index in [0.717, 1.165) is 0 Å². The van der Waals surface area contributed by atoms with Gasteiger partial charge in [0.1, 0.15) is 0 Å².